The molecule has 0 aromatic heterocycles. The minimum atomic E-state index is -1.75. The predicted molar refractivity (Wildman–Crippen MR) is 125 cm³/mol. The van der Waals surface area contributed by atoms with E-state index in [0.29, 0.717) is 46.4 Å². The lowest BCUT2D eigenvalue weighted by Gasteiger charge is -2.13. The molecule has 1 aliphatic heterocycles. The molecule has 0 saturated carbocycles. The summed E-state index contributed by atoms with van der Waals surface area (Å²) in [6.07, 6.45) is 1.47. The summed E-state index contributed by atoms with van der Waals surface area (Å²) in [5.74, 6) is -5.44. The Kier molecular flexibility index (Phi) is 7.89. The van der Waals surface area contributed by atoms with Gasteiger partial charge in [0.15, 0.2) is 29.0 Å². The monoisotopic (exact) mass is 592 g/mol. The largest absolute Gasteiger partial charge is 0.492 e. The first-order chi connectivity index (χ1) is 15.7. The number of thioether (sulfide) groups is 1. The van der Waals surface area contributed by atoms with Gasteiger partial charge in [0.1, 0.15) is 6.54 Å². The fraction of sp³-hybridized carbons (Fsp3) is 0.190. The second kappa shape index (κ2) is 10.5. The standard InChI is InChI=1S/C21H16F3IN2O5S/c1-3-32-14-7-10(6-12(25)19(14)31-2)8-15-20(29)27(21(30)33-15)9-16(28)26-13-5-4-11(22)17(23)18(13)24/h4-8H,3,9H2,1-2H3,(H,26,28)/b15-8+. The van der Waals surface area contributed by atoms with Crippen LogP contribution in [0.1, 0.15) is 12.5 Å². The molecule has 33 heavy (non-hydrogen) atoms. The Balaban J connectivity index is 1.78. The Hall–Kier alpha value is -2.74. The highest BCUT2D eigenvalue weighted by Crippen LogP contribution is 2.37. The van der Waals surface area contributed by atoms with Crippen molar-refractivity contribution in [3.63, 3.8) is 0 Å². The van der Waals surface area contributed by atoms with Crippen molar-refractivity contribution in [2.24, 2.45) is 0 Å². The number of nitrogens with zero attached hydrogens (tertiary/aromatic N) is 1. The molecule has 2 aromatic carbocycles. The fourth-order valence-corrected chi connectivity index (χ4v) is 4.56. The molecule has 2 aromatic rings. The SMILES string of the molecule is CCOc1cc(/C=C2/SC(=O)N(CC(=O)Nc3ccc(F)c(F)c3F)C2=O)cc(I)c1OC. The number of hydrogen-bond donors (Lipinski definition) is 1. The highest BCUT2D eigenvalue weighted by Gasteiger charge is 2.36. The third-order valence-corrected chi connectivity index (χ3v) is 6.03. The maximum Gasteiger partial charge on any atom is 0.294 e. The summed E-state index contributed by atoms with van der Waals surface area (Å²) in [4.78, 5) is 37.9. The van der Waals surface area contributed by atoms with Gasteiger partial charge in [0.25, 0.3) is 11.1 Å². The van der Waals surface area contributed by atoms with Gasteiger partial charge >= 0.3 is 0 Å². The summed E-state index contributed by atoms with van der Waals surface area (Å²) in [7, 11) is 1.50. The molecule has 0 spiro atoms. The minimum absolute atomic E-state index is 0.0650. The zero-order valence-corrected chi connectivity index (χ0v) is 20.2. The summed E-state index contributed by atoms with van der Waals surface area (Å²) < 4.78 is 51.7. The molecule has 0 aliphatic carbocycles. The summed E-state index contributed by atoms with van der Waals surface area (Å²) in [6, 6.07) is 4.86. The van der Waals surface area contributed by atoms with Crippen LogP contribution in [0.15, 0.2) is 29.2 Å². The first-order valence-corrected chi connectivity index (χ1v) is 11.2. The quantitative estimate of drug-likeness (QED) is 0.283. The number of carbonyl (C=O) groups excluding carboxylic acids is 3. The molecule has 0 bridgehead atoms. The van der Waals surface area contributed by atoms with E-state index in [1.165, 1.54) is 13.2 Å². The second-order valence-corrected chi connectivity index (χ2v) is 8.66. The Morgan fingerprint density at radius 1 is 1.21 bits per heavy atom. The normalized spacial score (nSPS) is 14.7. The van der Waals surface area contributed by atoms with Gasteiger partial charge in [0.2, 0.25) is 5.91 Å². The number of ether oxygens (including phenoxy) is 2. The Morgan fingerprint density at radius 2 is 1.94 bits per heavy atom. The number of hydrogen-bond acceptors (Lipinski definition) is 6. The van der Waals surface area contributed by atoms with E-state index in [0.717, 1.165) is 9.64 Å². The van der Waals surface area contributed by atoms with E-state index < -0.39 is 46.7 Å². The van der Waals surface area contributed by atoms with E-state index in [1.807, 2.05) is 34.8 Å². The van der Waals surface area contributed by atoms with Crippen molar-refractivity contribution in [1.82, 2.24) is 4.90 Å². The van der Waals surface area contributed by atoms with Crippen molar-refractivity contribution in [1.29, 1.82) is 0 Å². The van der Waals surface area contributed by atoms with E-state index in [-0.39, 0.29) is 4.91 Å². The second-order valence-electron chi connectivity index (χ2n) is 6.51. The number of carbonyl (C=O) groups is 3. The van der Waals surface area contributed by atoms with Crippen molar-refractivity contribution in [3.8, 4) is 11.5 Å². The number of anilines is 1. The van der Waals surface area contributed by atoms with Crippen LogP contribution >= 0.6 is 34.4 Å². The molecule has 174 valence electrons. The zero-order chi connectivity index (χ0) is 24.3. The van der Waals surface area contributed by atoms with Crippen LogP contribution in [0.4, 0.5) is 23.7 Å². The highest BCUT2D eigenvalue weighted by molar-refractivity contribution is 14.1. The van der Waals surface area contributed by atoms with Crippen LogP contribution in [-0.4, -0.2) is 42.2 Å². The molecule has 0 unspecified atom stereocenters. The highest BCUT2D eigenvalue weighted by atomic mass is 127. The van der Waals surface area contributed by atoms with E-state index in [1.54, 1.807) is 12.1 Å². The summed E-state index contributed by atoms with van der Waals surface area (Å²) in [6.45, 7) is 1.46. The van der Waals surface area contributed by atoms with Gasteiger partial charge in [-0.2, -0.15) is 0 Å². The van der Waals surface area contributed by atoms with Gasteiger partial charge in [-0.15, -0.1) is 0 Å². The van der Waals surface area contributed by atoms with Gasteiger partial charge in [-0.25, -0.2) is 13.2 Å². The lowest BCUT2D eigenvalue weighted by Crippen LogP contribution is -2.36. The number of halogens is 4. The summed E-state index contributed by atoms with van der Waals surface area (Å²) >= 11 is 2.68. The Morgan fingerprint density at radius 3 is 2.61 bits per heavy atom. The molecule has 0 atom stereocenters. The van der Waals surface area contributed by atoms with Gasteiger partial charge in [0.05, 0.1) is 27.9 Å². The van der Waals surface area contributed by atoms with Crippen molar-refractivity contribution >= 4 is 63.2 Å². The number of rotatable bonds is 7. The summed E-state index contributed by atoms with van der Waals surface area (Å²) in [5.41, 5.74) is -0.0415. The minimum Gasteiger partial charge on any atom is -0.492 e. The lowest BCUT2D eigenvalue weighted by molar-refractivity contribution is -0.127. The van der Waals surface area contributed by atoms with Gasteiger partial charge < -0.3 is 14.8 Å². The van der Waals surface area contributed by atoms with Crippen molar-refractivity contribution in [3.05, 3.63) is 55.8 Å². The molecule has 1 heterocycles. The third-order valence-electron chi connectivity index (χ3n) is 4.32. The van der Waals surface area contributed by atoms with Gasteiger partial charge in [-0.05, 0) is 77.2 Å². The van der Waals surface area contributed by atoms with Crippen LogP contribution in [0.2, 0.25) is 0 Å². The van der Waals surface area contributed by atoms with Crippen molar-refractivity contribution < 1.29 is 37.0 Å². The lowest BCUT2D eigenvalue weighted by atomic mass is 10.2. The van der Waals surface area contributed by atoms with Gasteiger partial charge in [0, 0.05) is 0 Å². The molecule has 1 fully saturated rings. The molecule has 1 N–H and O–H groups in total. The van der Waals surface area contributed by atoms with E-state index in [4.69, 9.17) is 9.47 Å². The van der Waals surface area contributed by atoms with Crippen LogP contribution in [0.25, 0.3) is 6.08 Å². The van der Waals surface area contributed by atoms with Gasteiger partial charge in [-0.1, -0.05) is 0 Å². The number of nitrogens with one attached hydrogen (secondary N) is 1. The zero-order valence-electron chi connectivity index (χ0n) is 17.2. The first kappa shape index (κ1) is 24.9. The van der Waals surface area contributed by atoms with Crippen LogP contribution in [0.5, 0.6) is 11.5 Å². The van der Waals surface area contributed by atoms with Gasteiger partial charge in [-0.3, -0.25) is 19.3 Å². The Bertz CT molecular complexity index is 1180. The molecule has 12 heteroatoms. The molecular weight excluding hydrogens is 576 g/mol. The van der Waals surface area contributed by atoms with Crippen LogP contribution < -0.4 is 14.8 Å². The van der Waals surface area contributed by atoms with Crippen LogP contribution in [0.3, 0.4) is 0 Å². The number of amides is 3. The van der Waals surface area contributed by atoms with Crippen molar-refractivity contribution in [2.75, 3.05) is 25.6 Å². The average Bonchev–Trinajstić information content (AvgIpc) is 3.01. The number of benzene rings is 2. The number of imide groups is 1. The van der Waals surface area contributed by atoms with Crippen LogP contribution in [0, 0.1) is 21.0 Å². The fourth-order valence-electron chi connectivity index (χ4n) is 2.88. The molecule has 1 saturated heterocycles. The maximum atomic E-state index is 13.8. The molecular formula is C21H16F3IN2O5S. The average molecular weight is 592 g/mol. The molecule has 1 aliphatic rings. The predicted octanol–water partition coefficient (Wildman–Crippen LogP) is 4.79. The van der Waals surface area contributed by atoms with E-state index >= 15 is 0 Å². The van der Waals surface area contributed by atoms with E-state index in [9.17, 15) is 27.6 Å². The first-order valence-electron chi connectivity index (χ1n) is 9.35. The molecule has 0 radical (unpaired) electrons. The smallest absolute Gasteiger partial charge is 0.294 e. The molecule has 7 nitrogen and oxygen atoms in total. The summed E-state index contributed by atoms with van der Waals surface area (Å²) in [5, 5.41) is 1.32. The molecule has 3 amide bonds. The maximum absolute atomic E-state index is 13.8. The third kappa shape index (κ3) is 5.43. The van der Waals surface area contributed by atoms with Crippen molar-refractivity contribution in [2.45, 2.75) is 6.92 Å². The number of methoxy groups -OCH3 is 1. The Labute approximate surface area is 204 Å². The van der Waals surface area contributed by atoms with E-state index in [2.05, 4.69) is 0 Å². The van der Waals surface area contributed by atoms with Crippen LogP contribution in [-0.2, 0) is 9.59 Å². The topological polar surface area (TPSA) is 84.9 Å². The molecule has 3 rings (SSSR count).